The molecule has 0 aliphatic carbocycles. The SMILES string of the molecule is CCNC(=O)COc1ccc(C(C)(C)C)cc1. The third kappa shape index (κ3) is 4.47. The van der Waals surface area contributed by atoms with Crippen LogP contribution in [0.25, 0.3) is 0 Å². The second-order valence-electron chi connectivity index (χ2n) is 5.02. The summed E-state index contributed by atoms with van der Waals surface area (Å²) in [6.45, 7) is 9.08. The van der Waals surface area contributed by atoms with Gasteiger partial charge in [-0.3, -0.25) is 4.79 Å². The monoisotopic (exact) mass is 235 g/mol. The molecule has 0 aliphatic heterocycles. The molecule has 0 aliphatic rings. The van der Waals surface area contributed by atoms with Crippen LogP contribution in [0.5, 0.6) is 5.75 Å². The smallest absolute Gasteiger partial charge is 0.257 e. The first kappa shape index (κ1) is 13.6. The van der Waals surface area contributed by atoms with Gasteiger partial charge in [0, 0.05) is 6.54 Å². The first-order valence-electron chi connectivity index (χ1n) is 5.93. The molecular weight excluding hydrogens is 214 g/mol. The third-order valence-electron chi connectivity index (χ3n) is 2.46. The molecule has 0 atom stereocenters. The van der Waals surface area contributed by atoms with Crippen LogP contribution in [-0.2, 0) is 10.2 Å². The average Bonchev–Trinajstić information content (AvgIpc) is 2.26. The van der Waals surface area contributed by atoms with E-state index in [1.54, 1.807) is 0 Å². The zero-order valence-corrected chi connectivity index (χ0v) is 11.0. The number of ether oxygens (including phenoxy) is 1. The van der Waals surface area contributed by atoms with Crippen molar-refractivity contribution in [1.29, 1.82) is 0 Å². The minimum Gasteiger partial charge on any atom is -0.484 e. The molecule has 0 spiro atoms. The molecule has 0 saturated heterocycles. The maximum atomic E-state index is 11.2. The lowest BCUT2D eigenvalue weighted by Gasteiger charge is -2.19. The second kappa shape index (κ2) is 5.71. The summed E-state index contributed by atoms with van der Waals surface area (Å²) >= 11 is 0. The summed E-state index contributed by atoms with van der Waals surface area (Å²) in [5.74, 6) is 0.636. The molecule has 3 heteroatoms. The van der Waals surface area contributed by atoms with Gasteiger partial charge in [-0.15, -0.1) is 0 Å². The summed E-state index contributed by atoms with van der Waals surface area (Å²) in [7, 11) is 0. The second-order valence-corrected chi connectivity index (χ2v) is 5.02. The van der Waals surface area contributed by atoms with E-state index >= 15 is 0 Å². The summed E-state index contributed by atoms with van der Waals surface area (Å²) in [5, 5.41) is 2.69. The van der Waals surface area contributed by atoms with E-state index in [2.05, 4.69) is 26.1 Å². The van der Waals surface area contributed by atoms with Crippen molar-refractivity contribution in [2.24, 2.45) is 0 Å². The molecule has 94 valence electrons. The van der Waals surface area contributed by atoms with Crippen molar-refractivity contribution in [2.45, 2.75) is 33.1 Å². The molecule has 0 heterocycles. The van der Waals surface area contributed by atoms with E-state index in [4.69, 9.17) is 4.74 Å². The van der Waals surface area contributed by atoms with E-state index in [0.717, 1.165) is 5.75 Å². The minimum absolute atomic E-state index is 0.0721. The third-order valence-corrected chi connectivity index (χ3v) is 2.46. The van der Waals surface area contributed by atoms with Crippen molar-refractivity contribution >= 4 is 5.91 Å². The van der Waals surface area contributed by atoms with Crippen LogP contribution in [0.3, 0.4) is 0 Å². The van der Waals surface area contributed by atoms with Gasteiger partial charge in [0.05, 0.1) is 0 Å². The van der Waals surface area contributed by atoms with Gasteiger partial charge in [-0.05, 0) is 30.0 Å². The highest BCUT2D eigenvalue weighted by Gasteiger charge is 2.13. The Labute approximate surface area is 103 Å². The van der Waals surface area contributed by atoms with Crippen LogP contribution in [0.1, 0.15) is 33.3 Å². The highest BCUT2D eigenvalue weighted by Crippen LogP contribution is 2.24. The highest BCUT2D eigenvalue weighted by atomic mass is 16.5. The standard InChI is InChI=1S/C14H21NO2/c1-5-15-13(16)10-17-12-8-6-11(7-9-12)14(2,3)4/h6-9H,5,10H2,1-4H3,(H,15,16). The molecule has 1 rings (SSSR count). The first-order valence-corrected chi connectivity index (χ1v) is 5.93. The molecule has 0 unspecified atom stereocenters. The van der Waals surface area contributed by atoms with Gasteiger partial charge in [0.1, 0.15) is 5.75 Å². The van der Waals surface area contributed by atoms with Crippen molar-refractivity contribution in [3.8, 4) is 5.75 Å². The molecule has 1 N–H and O–H groups in total. The average molecular weight is 235 g/mol. The van der Waals surface area contributed by atoms with E-state index in [9.17, 15) is 4.79 Å². The summed E-state index contributed by atoms with van der Waals surface area (Å²) in [5.41, 5.74) is 1.39. The Bertz CT molecular complexity index is 363. The molecular formula is C14H21NO2. The normalized spacial score (nSPS) is 11.1. The van der Waals surface area contributed by atoms with Crippen LogP contribution in [0.15, 0.2) is 24.3 Å². The Morgan fingerprint density at radius 2 is 1.82 bits per heavy atom. The lowest BCUT2D eigenvalue weighted by molar-refractivity contribution is -0.122. The molecule has 0 bridgehead atoms. The number of carbonyl (C=O) groups excluding carboxylic acids is 1. The van der Waals surface area contributed by atoms with Crippen LogP contribution in [0, 0.1) is 0 Å². The Hall–Kier alpha value is -1.51. The number of likely N-dealkylation sites (N-methyl/N-ethyl adjacent to an activating group) is 1. The predicted octanol–water partition coefficient (Wildman–Crippen LogP) is 2.50. The van der Waals surface area contributed by atoms with Gasteiger partial charge in [-0.2, -0.15) is 0 Å². The van der Waals surface area contributed by atoms with Crippen molar-refractivity contribution in [2.75, 3.05) is 13.2 Å². The van der Waals surface area contributed by atoms with Gasteiger partial charge in [-0.25, -0.2) is 0 Å². The molecule has 1 aromatic carbocycles. The molecule has 3 nitrogen and oxygen atoms in total. The van der Waals surface area contributed by atoms with Gasteiger partial charge < -0.3 is 10.1 Å². The van der Waals surface area contributed by atoms with E-state index in [1.807, 2.05) is 31.2 Å². The number of benzene rings is 1. The van der Waals surface area contributed by atoms with Crippen LogP contribution >= 0.6 is 0 Å². The van der Waals surface area contributed by atoms with Crippen molar-refractivity contribution < 1.29 is 9.53 Å². The van der Waals surface area contributed by atoms with Crippen LogP contribution < -0.4 is 10.1 Å². The quantitative estimate of drug-likeness (QED) is 0.870. The zero-order valence-electron chi connectivity index (χ0n) is 11.0. The summed E-state index contributed by atoms with van der Waals surface area (Å²) in [6.07, 6.45) is 0. The number of hydrogen-bond acceptors (Lipinski definition) is 2. The molecule has 0 aromatic heterocycles. The lowest BCUT2D eigenvalue weighted by atomic mass is 9.87. The number of amides is 1. The van der Waals surface area contributed by atoms with E-state index in [0.29, 0.717) is 6.54 Å². The number of hydrogen-bond donors (Lipinski definition) is 1. The van der Waals surface area contributed by atoms with Crippen LogP contribution in [0.2, 0.25) is 0 Å². The van der Waals surface area contributed by atoms with E-state index < -0.39 is 0 Å². The topological polar surface area (TPSA) is 38.3 Å². The van der Waals surface area contributed by atoms with Gasteiger partial charge in [0.25, 0.3) is 5.91 Å². The number of rotatable bonds is 4. The predicted molar refractivity (Wildman–Crippen MR) is 69.3 cm³/mol. The largest absolute Gasteiger partial charge is 0.484 e. The molecule has 1 amide bonds. The fourth-order valence-electron chi connectivity index (χ4n) is 1.45. The molecule has 1 aromatic rings. The highest BCUT2D eigenvalue weighted by molar-refractivity contribution is 5.77. The van der Waals surface area contributed by atoms with Gasteiger partial charge >= 0.3 is 0 Å². The maximum absolute atomic E-state index is 11.2. The molecule has 0 saturated carbocycles. The van der Waals surface area contributed by atoms with E-state index in [1.165, 1.54) is 5.56 Å². The Morgan fingerprint density at radius 1 is 1.24 bits per heavy atom. The van der Waals surface area contributed by atoms with Crippen molar-refractivity contribution in [3.05, 3.63) is 29.8 Å². The fraction of sp³-hybridized carbons (Fsp3) is 0.500. The first-order chi connectivity index (χ1) is 7.93. The van der Waals surface area contributed by atoms with Gasteiger partial charge in [0.15, 0.2) is 6.61 Å². The molecule has 0 radical (unpaired) electrons. The van der Waals surface area contributed by atoms with E-state index in [-0.39, 0.29) is 17.9 Å². The lowest BCUT2D eigenvalue weighted by Crippen LogP contribution is -2.28. The maximum Gasteiger partial charge on any atom is 0.257 e. The number of nitrogens with one attached hydrogen (secondary N) is 1. The van der Waals surface area contributed by atoms with Crippen LogP contribution in [0.4, 0.5) is 0 Å². The Morgan fingerprint density at radius 3 is 2.29 bits per heavy atom. The number of carbonyl (C=O) groups is 1. The fourth-order valence-corrected chi connectivity index (χ4v) is 1.45. The van der Waals surface area contributed by atoms with Crippen molar-refractivity contribution in [3.63, 3.8) is 0 Å². The summed E-state index contributed by atoms with van der Waals surface area (Å²) in [4.78, 5) is 11.2. The Balaban J connectivity index is 2.54. The minimum atomic E-state index is -0.0904. The van der Waals surface area contributed by atoms with Crippen molar-refractivity contribution in [1.82, 2.24) is 5.32 Å². The van der Waals surface area contributed by atoms with Gasteiger partial charge in [-0.1, -0.05) is 32.9 Å². The van der Waals surface area contributed by atoms with Gasteiger partial charge in [0.2, 0.25) is 0 Å². The molecule has 17 heavy (non-hydrogen) atoms. The summed E-state index contributed by atoms with van der Waals surface area (Å²) in [6, 6.07) is 7.87. The molecule has 0 fully saturated rings. The zero-order chi connectivity index (χ0) is 12.9. The Kier molecular flexibility index (Phi) is 4.55. The van der Waals surface area contributed by atoms with Crippen LogP contribution in [-0.4, -0.2) is 19.1 Å². The summed E-state index contributed by atoms with van der Waals surface area (Å²) < 4.78 is 5.38.